The van der Waals surface area contributed by atoms with Crippen molar-refractivity contribution >= 4 is 29.1 Å². The smallest absolute Gasteiger partial charge is 0.407 e. The average molecular weight is 400 g/mol. The Bertz CT molecular complexity index is 852. The molecule has 29 heavy (non-hydrogen) atoms. The summed E-state index contributed by atoms with van der Waals surface area (Å²) in [4.78, 5) is 30.3. The van der Waals surface area contributed by atoms with Gasteiger partial charge in [0.25, 0.3) is 0 Å². The molecule has 0 radical (unpaired) electrons. The molecule has 0 bridgehead atoms. The quantitative estimate of drug-likeness (QED) is 0.656. The zero-order chi connectivity index (χ0) is 20.8. The first kappa shape index (κ1) is 20.9. The molecule has 1 aliphatic rings. The normalized spacial score (nSPS) is 15.9. The van der Waals surface area contributed by atoms with Gasteiger partial charge in [0.05, 0.1) is 19.2 Å². The van der Waals surface area contributed by atoms with Gasteiger partial charge in [0.2, 0.25) is 0 Å². The zero-order valence-electron chi connectivity index (χ0n) is 16.9. The summed E-state index contributed by atoms with van der Waals surface area (Å²) in [6.07, 6.45) is 1.42. The van der Waals surface area contributed by atoms with Gasteiger partial charge < -0.3 is 24.9 Å². The first-order valence-corrected chi connectivity index (χ1v) is 9.84. The number of likely N-dealkylation sites (N-methyl/N-ethyl adjacent to an activating group) is 1. The molecule has 0 saturated carbocycles. The van der Waals surface area contributed by atoms with Crippen molar-refractivity contribution in [3.63, 3.8) is 0 Å². The minimum absolute atomic E-state index is 0.0158. The Kier molecular flexibility index (Phi) is 6.87. The van der Waals surface area contributed by atoms with E-state index in [-0.39, 0.29) is 12.6 Å². The van der Waals surface area contributed by atoms with E-state index in [1.165, 1.54) is 4.90 Å². The van der Waals surface area contributed by atoms with E-state index in [0.29, 0.717) is 18.7 Å². The number of fused-ring (bicyclic) bond motifs is 1. The molecule has 1 fully saturated rings. The Morgan fingerprint density at radius 3 is 2.76 bits per heavy atom. The van der Waals surface area contributed by atoms with Crippen LogP contribution >= 0.6 is 0 Å². The maximum atomic E-state index is 11.3. The fourth-order valence-electron chi connectivity index (χ4n) is 4.04. The molecule has 8 heteroatoms. The predicted octanol–water partition coefficient (Wildman–Crippen LogP) is 2.23. The fourth-order valence-corrected chi connectivity index (χ4v) is 4.04. The van der Waals surface area contributed by atoms with Gasteiger partial charge in [-0.1, -0.05) is 6.07 Å². The topological polar surface area (TPSA) is 95.0 Å². The molecule has 1 saturated heterocycles. The summed E-state index contributed by atoms with van der Waals surface area (Å²) in [5.74, 6) is 2.10. The number of hydrogen-bond donors (Lipinski definition) is 2. The Hall–Kier alpha value is -2.87. The number of benzene rings is 1. The molecule has 1 aromatic heterocycles. The number of carbonyl (C=O) groups excluding carboxylic acids is 1. The van der Waals surface area contributed by atoms with Gasteiger partial charge in [-0.2, -0.15) is 0 Å². The van der Waals surface area contributed by atoms with Crippen LogP contribution in [0.3, 0.4) is 0 Å². The van der Waals surface area contributed by atoms with Gasteiger partial charge in [-0.25, -0.2) is 9.78 Å². The summed E-state index contributed by atoms with van der Waals surface area (Å²) in [7, 11) is 3.50. The van der Waals surface area contributed by atoms with Gasteiger partial charge in [-0.3, -0.25) is 4.90 Å². The van der Waals surface area contributed by atoms with E-state index in [1.54, 1.807) is 7.11 Å². The first-order chi connectivity index (χ1) is 14.1. The van der Waals surface area contributed by atoms with E-state index >= 15 is 0 Å². The molecule has 0 aliphatic carbocycles. The third kappa shape index (κ3) is 4.76. The number of ether oxygens (including phenoxy) is 1. The molecule has 1 amide bonds. The maximum Gasteiger partial charge on any atom is 0.407 e. The van der Waals surface area contributed by atoms with Crippen LogP contribution in [0.4, 0.5) is 10.6 Å². The second-order valence-corrected chi connectivity index (χ2v) is 7.27. The molecule has 0 spiro atoms. The summed E-state index contributed by atoms with van der Waals surface area (Å²) < 4.78 is 5.40. The molecule has 156 valence electrons. The van der Waals surface area contributed by atoms with Crippen LogP contribution < -0.4 is 15.0 Å². The van der Waals surface area contributed by atoms with Crippen molar-refractivity contribution in [2.75, 3.05) is 45.2 Å². The van der Waals surface area contributed by atoms with Gasteiger partial charge in [0.15, 0.2) is 0 Å². The SMILES string of the molecule is CNC(CN(CC=O)C(=O)O)C1CCN(c2ccc3c(OC)cccc3n2)CC1. The number of pyridine rings is 1. The minimum atomic E-state index is -1.06. The van der Waals surface area contributed by atoms with Gasteiger partial charge in [0, 0.05) is 31.1 Å². The number of carbonyl (C=O) groups is 2. The monoisotopic (exact) mass is 400 g/mol. The van der Waals surface area contributed by atoms with Crippen LogP contribution in [0.25, 0.3) is 10.9 Å². The molecule has 3 rings (SSSR count). The summed E-state index contributed by atoms with van der Waals surface area (Å²) in [5, 5.41) is 13.5. The Morgan fingerprint density at radius 2 is 2.14 bits per heavy atom. The zero-order valence-corrected chi connectivity index (χ0v) is 16.9. The van der Waals surface area contributed by atoms with Crippen molar-refractivity contribution in [2.45, 2.75) is 18.9 Å². The lowest BCUT2D eigenvalue weighted by Gasteiger charge is -2.37. The molecule has 1 aliphatic heterocycles. The predicted molar refractivity (Wildman–Crippen MR) is 112 cm³/mol. The van der Waals surface area contributed by atoms with Crippen LogP contribution in [-0.4, -0.2) is 73.7 Å². The highest BCUT2D eigenvalue weighted by Gasteiger charge is 2.28. The van der Waals surface area contributed by atoms with Gasteiger partial charge in [0.1, 0.15) is 17.9 Å². The first-order valence-electron chi connectivity index (χ1n) is 9.84. The largest absolute Gasteiger partial charge is 0.496 e. The number of nitrogens with one attached hydrogen (secondary N) is 1. The lowest BCUT2D eigenvalue weighted by atomic mass is 9.89. The van der Waals surface area contributed by atoms with Crippen molar-refractivity contribution in [1.29, 1.82) is 0 Å². The highest BCUT2D eigenvalue weighted by atomic mass is 16.5. The molecule has 1 atom stereocenters. The van der Waals surface area contributed by atoms with Crippen LogP contribution in [0.5, 0.6) is 5.75 Å². The molecular weight excluding hydrogens is 372 g/mol. The van der Waals surface area contributed by atoms with Crippen molar-refractivity contribution in [1.82, 2.24) is 15.2 Å². The number of nitrogens with zero attached hydrogens (tertiary/aromatic N) is 3. The number of hydrogen-bond acceptors (Lipinski definition) is 6. The number of aromatic nitrogens is 1. The molecule has 8 nitrogen and oxygen atoms in total. The lowest BCUT2D eigenvalue weighted by molar-refractivity contribution is -0.108. The van der Waals surface area contributed by atoms with Crippen LogP contribution in [-0.2, 0) is 4.79 Å². The maximum absolute atomic E-state index is 11.3. The Morgan fingerprint density at radius 1 is 1.38 bits per heavy atom. The Labute approximate surface area is 170 Å². The van der Waals surface area contributed by atoms with E-state index in [9.17, 15) is 14.7 Å². The number of anilines is 1. The number of piperidine rings is 1. The molecule has 2 N–H and O–H groups in total. The molecule has 2 heterocycles. The number of aldehydes is 1. The Balaban J connectivity index is 1.65. The number of rotatable bonds is 8. The van der Waals surface area contributed by atoms with Gasteiger partial charge in [-0.05, 0) is 50.1 Å². The molecule has 2 aromatic rings. The van der Waals surface area contributed by atoms with Gasteiger partial charge >= 0.3 is 6.09 Å². The van der Waals surface area contributed by atoms with Crippen LogP contribution in [0.1, 0.15) is 12.8 Å². The number of carboxylic acid groups (broad SMARTS) is 1. The van der Waals surface area contributed by atoms with Crippen LogP contribution in [0.15, 0.2) is 30.3 Å². The number of amides is 1. The second kappa shape index (κ2) is 9.56. The number of methoxy groups -OCH3 is 1. The highest BCUT2D eigenvalue weighted by Crippen LogP contribution is 2.29. The summed E-state index contributed by atoms with van der Waals surface area (Å²) in [6.45, 7) is 1.91. The average Bonchev–Trinajstić information content (AvgIpc) is 2.75. The molecular formula is C21H28N4O4. The van der Waals surface area contributed by atoms with E-state index in [1.807, 2.05) is 37.4 Å². The lowest BCUT2D eigenvalue weighted by Crippen LogP contribution is -2.49. The van der Waals surface area contributed by atoms with E-state index < -0.39 is 6.09 Å². The third-order valence-corrected chi connectivity index (χ3v) is 5.68. The summed E-state index contributed by atoms with van der Waals surface area (Å²) in [5.41, 5.74) is 0.906. The van der Waals surface area contributed by atoms with E-state index in [4.69, 9.17) is 9.72 Å². The van der Waals surface area contributed by atoms with E-state index in [0.717, 1.165) is 48.4 Å². The molecule has 1 aromatic carbocycles. The van der Waals surface area contributed by atoms with E-state index in [2.05, 4.69) is 10.2 Å². The van der Waals surface area contributed by atoms with Gasteiger partial charge in [-0.15, -0.1) is 0 Å². The fraction of sp³-hybridized carbons (Fsp3) is 0.476. The third-order valence-electron chi connectivity index (χ3n) is 5.68. The highest BCUT2D eigenvalue weighted by molar-refractivity contribution is 5.86. The molecule has 1 unspecified atom stereocenters. The second-order valence-electron chi connectivity index (χ2n) is 7.27. The summed E-state index contributed by atoms with van der Waals surface area (Å²) in [6, 6.07) is 9.94. The minimum Gasteiger partial charge on any atom is -0.496 e. The van der Waals surface area contributed by atoms with Crippen molar-refractivity contribution in [3.8, 4) is 5.75 Å². The summed E-state index contributed by atoms with van der Waals surface area (Å²) >= 11 is 0. The van der Waals surface area contributed by atoms with Crippen molar-refractivity contribution < 1.29 is 19.4 Å². The standard InChI is InChI=1S/C21H28N4O4/c1-22-18(14-25(12-13-26)21(27)28)15-8-10-24(11-9-15)20-7-6-16-17(23-20)4-3-5-19(16)29-2/h3-7,13,15,18,22H,8-12,14H2,1-2H3,(H,27,28). The van der Waals surface area contributed by atoms with Crippen LogP contribution in [0, 0.1) is 5.92 Å². The van der Waals surface area contributed by atoms with Crippen molar-refractivity contribution in [2.24, 2.45) is 5.92 Å². The van der Waals surface area contributed by atoms with Crippen molar-refractivity contribution in [3.05, 3.63) is 30.3 Å². The van der Waals surface area contributed by atoms with Crippen LogP contribution in [0.2, 0.25) is 0 Å².